The highest BCUT2D eigenvalue weighted by atomic mass is 16.5. The van der Waals surface area contributed by atoms with Crippen molar-refractivity contribution in [1.82, 2.24) is 5.32 Å². The van der Waals surface area contributed by atoms with Crippen LogP contribution in [-0.2, 0) is 4.74 Å². The maximum Gasteiger partial charge on any atom is 0.196 e. The summed E-state index contributed by atoms with van der Waals surface area (Å²) in [5.41, 5.74) is 4.76. The first-order valence-electron chi connectivity index (χ1n) is 7.56. The van der Waals surface area contributed by atoms with E-state index in [-0.39, 0.29) is 6.23 Å². The fourth-order valence-corrected chi connectivity index (χ4v) is 2.60. The molecule has 1 unspecified atom stereocenters. The lowest BCUT2D eigenvalue weighted by atomic mass is 10.1. The molecular weight excluding hydrogens is 258 g/mol. The SMILES string of the molecule is CCCC1=C(c2ccc(C)cc2)NC(c2ccccc2)O1. The summed E-state index contributed by atoms with van der Waals surface area (Å²) in [5.74, 6) is 1.07. The lowest BCUT2D eigenvalue weighted by Crippen LogP contribution is -2.14. The molecule has 1 atom stereocenters. The van der Waals surface area contributed by atoms with Gasteiger partial charge in [-0.2, -0.15) is 0 Å². The van der Waals surface area contributed by atoms with Gasteiger partial charge in [0.2, 0.25) is 0 Å². The summed E-state index contributed by atoms with van der Waals surface area (Å²) in [6.07, 6.45) is 1.96. The van der Waals surface area contributed by atoms with E-state index in [4.69, 9.17) is 4.74 Å². The number of nitrogens with one attached hydrogen (secondary N) is 1. The van der Waals surface area contributed by atoms with Gasteiger partial charge in [0.05, 0.1) is 5.70 Å². The third-order valence-corrected chi connectivity index (χ3v) is 3.73. The number of ether oxygens (including phenoxy) is 1. The van der Waals surface area contributed by atoms with Gasteiger partial charge in [0.1, 0.15) is 5.76 Å². The van der Waals surface area contributed by atoms with E-state index in [0.29, 0.717) is 0 Å². The largest absolute Gasteiger partial charge is 0.469 e. The lowest BCUT2D eigenvalue weighted by molar-refractivity contribution is 0.123. The topological polar surface area (TPSA) is 21.3 Å². The van der Waals surface area contributed by atoms with Crippen LogP contribution in [0.3, 0.4) is 0 Å². The zero-order valence-electron chi connectivity index (χ0n) is 12.6. The van der Waals surface area contributed by atoms with Crippen molar-refractivity contribution in [1.29, 1.82) is 0 Å². The molecule has 0 saturated carbocycles. The molecule has 1 aliphatic rings. The van der Waals surface area contributed by atoms with Crippen LogP contribution < -0.4 is 5.32 Å². The number of rotatable bonds is 4. The number of hydrogen-bond acceptors (Lipinski definition) is 2. The Morgan fingerprint density at radius 1 is 1.00 bits per heavy atom. The van der Waals surface area contributed by atoms with Gasteiger partial charge in [-0.05, 0) is 13.3 Å². The molecule has 0 saturated heterocycles. The van der Waals surface area contributed by atoms with E-state index in [9.17, 15) is 0 Å². The second-order valence-corrected chi connectivity index (χ2v) is 5.47. The molecule has 0 bridgehead atoms. The van der Waals surface area contributed by atoms with Crippen LogP contribution in [0.25, 0.3) is 5.70 Å². The van der Waals surface area contributed by atoms with Gasteiger partial charge in [-0.15, -0.1) is 0 Å². The third kappa shape index (κ3) is 2.94. The lowest BCUT2D eigenvalue weighted by Gasteiger charge is -2.13. The summed E-state index contributed by atoms with van der Waals surface area (Å²) < 4.78 is 6.15. The number of aryl methyl sites for hydroxylation is 1. The zero-order chi connectivity index (χ0) is 14.7. The summed E-state index contributed by atoms with van der Waals surface area (Å²) in [7, 11) is 0. The van der Waals surface area contributed by atoms with E-state index >= 15 is 0 Å². The first-order valence-corrected chi connectivity index (χ1v) is 7.56. The normalized spacial score (nSPS) is 17.5. The van der Waals surface area contributed by atoms with E-state index in [2.05, 4.69) is 55.6 Å². The average molecular weight is 279 g/mol. The van der Waals surface area contributed by atoms with Gasteiger partial charge in [0, 0.05) is 17.5 Å². The van der Waals surface area contributed by atoms with Gasteiger partial charge in [0.15, 0.2) is 6.23 Å². The minimum absolute atomic E-state index is 0.0796. The quantitative estimate of drug-likeness (QED) is 0.869. The van der Waals surface area contributed by atoms with Crippen LogP contribution in [0.1, 0.15) is 42.7 Å². The zero-order valence-corrected chi connectivity index (χ0v) is 12.6. The molecule has 2 heteroatoms. The Bertz CT molecular complexity index is 628. The van der Waals surface area contributed by atoms with E-state index < -0.39 is 0 Å². The van der Waals surface area contributed by atoms with Crippen molar-refractivity contribution in [2.75, 3.05) is 0 Å². The molecule has 108 valence electrons. The molecule has 1 heterocycles. The Kier molecular flexibility index (Phi) is 3.96. The van der Waals surface area contributed by atoms with Crippen LogP contribution in [0.5, 0.6) is 0 Å². The van der Waals surface area contributed by atoms with Crippen molar-refractivity contribution in [3.05, 3.63) is 77.0 Å². The van der Waals surface area contributed by atoms with E-state index in [1.165, 1.54) is 11.1 Å². The Balaban J connectivity index is 1.89. The molecule has 0 aliphatic carbocycles. The van der Waals surface area contributed by atoms with Gasteiger partial charge in [-0.3, -0.25) is 0 Å². The van der Waals surface area contributed by atoms with Crippen LogP contribution in [0, 0.1) is 6.92 Å². The van der Waals surface area contributed by atoms with Crippen LogP contribution in [0.4, 0.5) is 0 Å². The van der Waals surface area contributed by atoms with E-state index in [1.54, 1.807) is 0 Å². The van der Waals surface area contributed by atoms with Crippen molar-refractivity contribution in [2.24, 2.45) is 0 Å². The molecule has 0 radical (unpaired) electrons. The van der Waals surface area contributed by atoms with Crippen molar-refractivity contribution in [3.8, 4) is 0 Å². The minimum atomic E-state index is -0.0796. The average Bonchev–Trinajstić information content (AvgIpc) is 2.93. The molecule has 0 spiro atoms. The highest BCUT2D eigenvalue weighted by Crippen LogP contribution is 2.34. The first kappa shape index (κ1) is 13.7. The van der Waals surface area contributed by atoms with Crippen molar-refractivity contribution in [3.63, 3.8) is 0 Å². The number of allylic oxidation sites excluding steroid dienone is 1. The summed E-state index contributed by atoms with van der Waals surface area (Å²) in [5, 5.41) is 3.54. The van der Waals surface area contributed by atoms with Gasteiger partial charge in [-0.1, -0.05) is 67.1 Å². The molecular formula is C19H21NO. The smallest absolute Gasteiger partial charge is 0.196 e. The van der Waals surface area contributed by atoms with Crippen molar-refractivity contribution >= 4 is 5.70 Å². The summed E-state index contributed by atoms with van der Waals surface area (Å²) in [6.45, 7) is 4.29. The predicted molar refractivity (Wildman–Crippen MR) is 86.4 cm³/mol. The standard InChI is InChI=1S/C19H21NO/c1-3-7-17-18(15-12-10-14(2)11-13-15)20-19(21-17)16-8-5-4-6-9-16/h4-6,8-13,19-20H,3,7H2,1-2H3. The van der Waals surface area contributed by atoms with E-state index in [0.717, 1.165) is 29.9 Å². The Labute approximate surface area is 126 Å². The van der Waals surface area contributed by atoms with Crippen molar-refractivity contribution < 1.29 is 4.74 Å². The molecule has 1 aliphatic heterocycles. The van der Waals surface area contributed by atoms with Gasteiger partial charge < -0.3 is 10.1 Å². The van der Waals surface area contributed by atoms with Crippen LogP contribution in [-0.4, -0.2) is 0 Å². The predicted octanol–water partition coefficient (Wildman–Crippen LogP) is 4.78. The second kappa shape index (κ2) is 6.04. The second-order valence-electron chi connectivity index (χ2n) is 5.47. The molecule has 2 aromatic rings. The minimum Gasteiger partial charge on any atom is -0.469 e. The monoisotopic (exact) mass is 279 g/mol. The Hall–Kier alpha value is -2.22. The van der Waals surface area contributed by atoms with E-state index in [1.807, 2.05) is 18.2 Å². The van der Waals surface area contributed by atoms with Crippen LogP contribution >= 0.6 is 0 Å². The molecule has 1 N–H and O–H groups in total. The number of benzene rings is 2. The molecule has 2 nitrogen and oxygen atoms in total. The van der Waals surface area contributed by atoms with Gasteiger partial charge in [-0.25, -0.2) is 0 Å². The third-order valence-electron chi connectivity index (χ3n) is 3.73. The van der Waals surface area contributed by atoms with Gasteiger partial charge >= 0.3 is 0 Å². The molecule has 0 fully saturated rings. The highest BCUT2D eigenvalue weighted by Gasteiger charge is 2.26. The maximum absolute atomic E-state index is 6.15. The molecule has 21 heavy (non-hydrogen) atoms. The molecule has 0 amide bonds. The summed E-state index contributed by atoms with van der Waals surface area (Å²) in [4.78, 5) is 0. The van der Waals surface area contributed by atoms with Crippen LogP contribution in [0.2, 0.25) is 0 Å². The molecule has 2 aromatic carbocycles. The van der Waals surface area contributed by atoms with Crippen molar-refractivity contribution in [2.45, 2.75) is 32.9 Å². The Morgan fingerprint density at radius 2 is 1.71 bits per heavy atom. The maximum atomic E-state index is 6.15. The fourth-order valence-electron chi connectivity index (χ4n) is 2.60. The highest BCUT2D eigenvalue weighted by molar-refractivity contribution is 5.68. The van der Waals surface area contributed by atoms with Gasteiger partial charge in [0.25, 0.3) is 0 Å². The molecule has 3 rings (SSSR count). The first-order chi connectivity index (χ1) is 10.3. The fraction of sp³-hybridized carbons (Fsp3) is 0.263. The number of hydrogen-bond donors (Lipinski definition) is 1. The summed E-state index contributed by atoms with van der Waals surface area (Å²) >= 11 is 0. The molecule has 0 aromatic heterocycles. The Morgan fingerprint density at radius 3 is 2.38 bits per heavy atom. The van der Waals surface area contributed by atoms with Crippen LogP contribution in [0.15, 0.2) is 60.4 Å². The summed E-state index contributed by atoms with van der Waals surface area (Å²) in [6, 6.07) is 18.9.